The number of aromatic nitrogens is 2. The van der Waals surface area contributed by atoms with Crippen LogP contribution < -0.4 is 20.3 Å². The maximum Gasteiger partial charge on any atom is 0.275 e. The van der Waals surface area contributed by atoms with E-state index < -0.39 is 0 Å². The summed E-state index contributed by atoms with van der Waals surface area (Å²) in [6.45, 7) is -0.183. The molecule has 7 heteroatoms. The van der Waals surface area contributed by atoms with E-state index >= 15 is 0 Å². The summed E-state index contributed by atoms with van der Waals surface area (Å²) >= 11 is 0. The van der Waals surface area contributed by atoms with Gasteiger partial charge in [0.2, 0.25) is 5.91 Å². The minimum Gasteiger partial charge on any atom is -0.493 e. The highest BCUT2D eigenvalue weighted by atomic mass is 16.5. The smallest absolute Gasteiger partial charge is 0.275 e. The molecule has 3 rings (SSSR count). The Hall–Kier alpha value is -3.35. The number of nitrogens with one attached hydrogen (secondary N) is 1. The molecule has 0 aliphatic carbocycles. The van der Waals surface area contributed by atoms with Crippen molar-refractivity contribution in [2.45, 2.75) is 6.54 Å². The van der Waals surface area contributed by atoms with Gasteiger partial charge in [-0.05, 0) is 18.2 Å². The van der Waals surface area contributed by atoms with Gasteiger partial charge < -0.3 is 14.8 Å². The highest BCUT2D eigenvalue weighted by Gasteiger charge is 2.10. The Bertz CT molecular complexity index is 981. The summed E-state index contributed by atoms with van der Waals surface area (Å²) in [5.41, 5.74) is 0.233. The molecule has 0 bridgehead atoms. The van der Waals surface area contributed by atoms with Crippen LogP contribution in [0.4, 0.5) is 5.69 Å². The molecule has 0 fully saturated rings. The molecule has 0 unspecified atom stereocenters. The van der Waals surface area contributed by atoms with Crippen molar-refractivity contribution >= 4 is 22.4 Å². The van der Waals surface area contributed by atoms with E-state index in [4.69, 9.17) is 9.47 Å². The van der Waals surface area contributed by atoms with Gasteiger partial charge in [-0.2, -0.15) is 5.10 Å². The molecule has 1 heterocycles. The average Bonchev–Trinajstić information content (AvgIpc) is 2.64. The molecule has 0 spiro atoms. The molecule has 0 saturated heterocycles. The number of methoxy groups -OCH3 is 2. The van der Waals surface area contributed by atoms with Crippen molar-refractivity contribution < 1.29 is 14.3 Å². The van der Waals surface area contributed by atoms with Crippen LogP contribution in [0.1, 0.15) is 0 Å². The first-order chi connectivity index (χ1) is 12.1. The van der Waals surface area contributed by atoms with E-state index in [0.29, 0.717) is 22.6 Å². The summed E-state index contributed by atoms with van der Waals surface area (Å²) in [5, 5.41) is 8.03. The normalized spacial score (nSPS) is 10.5. The van der Waals surface area contributed by atoms with E-state index in [2.05, 4.69) is 10.4 Å². The number of carbonyl (C=O) groups excluding carboxylic acids is 1. The van der Waals surface area contributed by atoms with Crippen molar-refractivity contribution in [2.24, 2.45) is 0 Å². The standard InChI is InChI=1S/C18H17N3O4/c1-24-15-8-7-13(9-16(15)25-2)20-17(22)11-21-18(23)14-6-4-3-5-12(14)10-19-21/h3-10H,11H2,1-2H3,(H,20,22). The van der Waals surface area contributed by atoms with E-state index in [1.165, 1.54) is 14.2 Å². The number of ether oxygens (including phenoxy) is 2. The van der Waals surface area contributed by atoms with Crippen molar-refractivity contribution in [3.63, 3.8) is 0 Å². The van der Waals surface area contributed by atoms with Crippen LogP contribution in [0.15, 0.2) is 53.5 Å². The van der Waals surface area contributed by atoms with Crippen LogP contribution in [0.25, 0.3) is 10.8 Å². The minimum atomic E-state index is -0.364. The summed E-state index contributed by atoms with van der Waals surface area (Å²) in [5.74, 6) is 0.700. The summed E-state index contributed by atoms with van der Waals surface area (Å²) in [6, 6.07) is 12.1. The number of hydrogen-bond acceptors (Lipinski definition) is 5. The molecule has 0 radical (unpaired) electrons. The van der Waals surface area contributed by atoms with Crippen LogP contribution >= 0.6 is 0 Å². The molecule has 0 saturated carbocycles. The lowest BCUT2D eigenvalue weighted by atomic mass is 10.2. The molecule has 0 atom stereocenters. The SMILES string of the molecule is COc1ccc(NC(=O)Cn2ncc3ccccc3c2=O)cc1OC. The Kier molecular flexibility index (Phi) is 4.65. The topological polar surface area (TPSA) is 82.5 Å². The van der Waals surface area contributed by atoms with Crippen LogP contribution in [0.5, 0.6) is 11.5 Å². The molecular formula is C18H17N3O4. The number of carbonyl (C=O) groups is 1. The van der Waals surface area contributed by atoms with E-state index in [1.54, 1.807) is 42.6 Å². The van der Waals surface area contributed by atoms with Gasteiger partial charge in [0.25, 0.3) is 5.56 Å². The molecule has 1 amide bonds. The maximum atomic E-state index is 12.4. The first-order valence-corrected chi connectivity index (χ1v) is 7.59. The zero-order valence-corrected chi connectivity index (χ0v) is 13.9. The van der Waals surface area contributed by atoms with Crippen molar-refractivity contribution in [1.82, 2.24) is 9.78 Å². The van der Waals surface area contributed by atoms with Crippen LogP contribution in [0.3, 0.4) is 0 Å². The van der Waals surface area contributed by atoms with E-state index in [9.17, 15) is 9.59 Å². The highest BCUT2D eigenvalue weighted by Crippen LogP contribution is 2.29. The maximum absolute atomic E-state index is 12.4. The summed E-state index contributed by atoms with van der Waals surface area (Å²) in [7, 11) is 3.05. The number of fused-ring (bicyclic) bond motifs is 1. The third-order valence-corrected chi connectivity index (χ3v) is 3.72. The fourth-order valence-electron chi connectivity index (χ4n) is 2.49. The Labute approximate surface area is 143 Å². The zero-order valence-electron chi connectivity index (χ0n) is 13.9. The fraction of sp³-hybridized carbons (Fsp3) is 0.167. The molecule has 0 aliphatic heterocycles. The van der Waals surface area contributed by atoms with Crippen molar-refractivity contribution in [3.8, 4) is 11.5 Å². The molecular weight excluding hydrogens is 322 g/mol. The van der Waals surface area contributed by atoms with Gasteiger partial charge >= 0.3 is 0 Å². The van der Waals surface area contributed by atoms with E-state index in [0.717, 1.165) is 10.1 Å². The Morgan fingerprint density at radius 3 is 2.64 bits per heavy atom. The lowest BCUT2D eigenvalue weighted by Crippen LogP contribution is -2.29. The molecule has 3 aromatic rings. The second-order valence-corrected chi connectivity index (χ2v) is 5.31. The first-order valence-electron chi connectivity index (χ1n) is 7.59. The van der Waals surface area contributed by atoms with Crippen LogP contribution in [0, 0.1) is 0 Å². The number of nitrogens with zero attached hydrogens (tertiary/aromatic N) is 2. The molecule has 7 nitrogen and oxygen atoms in total. The number of hydrogen-bond donors (Lipinski definition) is 1. The highest BCUT2D eigenvalue weighted by molar-refractivity contribution is 5.91. The molecule has 25 heavy (non-hydrogen) atoms. The van der Waals surface area contributed by atoms with Gasteiger partial charge in [-0.1, -0.05) is 18.2 Å². The lowest BCUT2D eigenvalue weighted by Gasteiger charge is -2.11. The number of rotatable bonds is 5. The van der Waals surface area contributed by atoms with Gasteiger partial charge in [0.05, 0.1) is 25.8 Å². The van der Waals surface area contributed by atoms with Crippen molar-refractivity contribution in [3.05, 3.63) is 59.0 Å². The molecule has 1 aromatic heterocycles. The van der Waals surface area contributed by atoms with Crippen LogP contribution in [-0.4, -0.2) is 29.9 Å². The van der Waals surface area contributed by atoms with E-state index in [1.807, 2.05) is 6.07 Å². The Morgan fingerprint density at radius 1 is 1.12 bits per heavy atom. The zero-order chi connectivity index (χ0) is 17.8. The summed E-state index contributed by atoms with van der Waals surface area (Å²) in [4.78, 5) is 24.6. The van der Waals surface area contributed by atoms with Gasteiger partial charge in [0.15, 0.2) is 11.5 Å². The van der Waals surface area contributed by atoms with Gasteiger partial charge in [0.1, 0.15) is 6.54 Å². The summed E-state index contributed by atoms with van der Waals surface area (Å²) < 4.78 is 11.5. The Morgan fingerprint density at radius 2 is 1.88 bits per heavy atom. The van der Waals surface area contributed by atoms with Crippen LogP contribution in [0.2, 0.25) is 0 Å². The largest absolute Gasteiger partial charge is 0.493 e. The number of anilines is 1. The third-order valence-electron chi connectivity index (χ3n) is 3.72. The van der Waals surface area contributed by atoms with Crippen molar-refractivity contribution in [2.75, 3.05) is 19.5 Å². The lowest BCUT2D eigenvalue weighted by molar-refractivity contribution is -0.117. The average molecular weight is 339 g/mol. The monoisotopic (exact) mass is 339 g/mol. The van der Waals surface area contributed by atoms with Crippen molar-refractivity contribution in [1.29, 1.82) is 0 Å². The number of benzene rings is 2. The number of amides is 1. The third kappa shape index (κ3) is 3.45. The predicted molar refractivity (Wildman–Crippen MR) is 94.2 cm³/mol. The Balaban J connectivity index is 1.79. The molecule has 1 N–H and O–H groups in total. The fourth-order valence-corrected chi connectivity index (χ4v) is 2.49. The second-order valence-electron chi connectivity index (χ2n) is 5.31. The van der Waals surface area contributed by atoms with Gasteiger partial charge in [-0.15, -0.1) is 0 Å². The van der Waals surface area contributed by atoms with Gasteiger partial charge in [0, 0.05) is 17.1 Å². The quantitative estimate of drug-likeness (QED) is 0.769. The molecule has 128 valence electrons. The van der Waals surface area contributed by atoms with Gasteiger partial charge in [-0.3, -0.25) is 9.59 Å². The molecule has 2 aromatic carbocycles. The van der Waals surface area contributed by atoms with Gasteiger partial charge in [-0.25, -0.2) is 4.68 Å². The second kappa shape index (κ2) is 7.04. The minimum absolute atomic E-state index is 0.183. The summed E-state index contributed by atoms with van der Waals surface area (Å²) in [6.07, 6.45) is 1.57. The van der Waals surface area contributed by atoms with E-state index in [-0.39, 0.29) is 18.0 Å². The molecule has 0 aliphatic rings. The first kappa shape index (κ1) is 16.5. The van der Waals surface area contributed by atoms with Crippen LogP contribution in [-0.2, 0) is 11.3 Å². The predicted octanol–water partition coefficient (Wildman–Crippen LogP) is 2.05.